The number of hydrogen-bond acceptors (Lipinski definition) is 4. The van der Waals surface area contributed by atoms with Crippen LogP contribution in [-0.2, 0) is 5.41 Å². The lowest BCUT2D eigenvalue weighted by Crippen LogP contribution is -2.41. The van der Waals surface area contributed by atoms with Crippen LogP contribution >= 0.6 is 0 Å². The van der Waals surface area contributed by atoms with Gasteiger partial charge in [-0.25, -0.2) is 0 Å². The number of carbonyl (C=O) groups is 3. The van der Waals surface area contributed by atoms with E-state index in [4.69, 9.17) is 4.74 Å². The van der Waals surface area contributed by atoms with Crippen LogP contribution in [0.3, 0.4) is 0 Å². The summed E-state index contributed by atoms with van der Waals surface area (Å²) in [5.74, 6) is -0.717. The van der Waals surface area contributed by atoms with Crippen molar-refractivity contribution in [3.63, 3.8) is 0 Å². The van der Waals surface area contributed by atoms with Gasteiger partial charge >= 0.3 is 0 Å². The predicted molar refractivity (Wildman–Crippen MR) is 146 cm³/mol. The average molecular weight is 502 g/mol. The van der Waals surface area contributed by atoms with Crippen LogP contribution < -0.4 is 20.9 Å². The van der Waals surface area contributed by atoms with E-state index in [2.05, 4.69) is 43.9 Å². The van der Waals surface area contributed by atoms with Crippen molar-refractivity contribution in [1.82, 2.24) is 10.9 Å². The summed E-state index contributed by atoms with van der Waals surface area (Å²) in [5, 5.41) is 2.83. The lowest BCUT2D eigenvalue weighted by Gasteiger charge is -2.19. The summed E-state index contributed by atoms with van der Waals surface area (Å²) in [5.41, 5.74) is 7.79. The Morgan fingerprint density at radius 1 is 0.730 bits per heavy atom. The van der Waals surface area contributed by atoms with Crippen molar-refractivity contribution < 1.29 is 19.1 Å². The average Bonchev–Trinajstić information content (AvgIpc) is 2.89. The molecular formula is C30H35N3O4. The third-order valence-electron chi connectivity index (χ3n) is 5.84. The van der Waals surface area contributed by atoms with Crippen molar-refractivity contribution in [3.05, 3.63) is 95.1 Å². The number of amides is 3. The molecule has 0 heterocycles. The first-order valence-corrected chi connectivity index (χ1v) is 12.5. The quantitative estimate of drug-likeness (QED) is 0.252. The molecule has 7 heteroatoms. The van der Waals surface area contributed by atoms with Crippen LogP contribution in [0.5, 0.6) is 5.75 Å². The molecule has 0 radical (unpaired) electrons. The summed E-state index contributed by atoms with van der Waals surface area (Å²) in [4.78, 5) is 37.7. The molecule has 3 aromatic carbocycles. The molecule has 0 atom stereocenters. The van der Waals surface area contributed by atoms with Crippen LogP contribution in [0.25, 0.3) is 0 Å². The first-order valence-electron chi connectivity index (χ1n) is 12.5. The van der Waals surface area contributed by atoms with Crippen LogP contribution in [0.1, 0.15) is 83.6 Å². The van der Waals surface area contributed by atoms with E-state index in [1.54, 1.807) is 60.7 Å². The van der Waals surface area contributed by atoms with Crippen LogP contribution in [-0.4, -0.2) is 24.3 Å². The molecule has 0 saturated carbocycles. The number of ether oxygens (including phenoxy) is 1. The summed E-state index contributed by atoms with van der Waals surface area (Å²) in [6, 6.07) is 20.8. The number of unbranched alkanes of at least 4 members (excludes halogenated alkanes) is 2. The van der Waals surface area contributed by atoms with E-state index in [-0.39, 0.29) is 11.3 Å². The second kappa shape index (κ2) is 12.7. The Bertz CT molecular complexity index is 1210. The predicted octanol–water partition coefficient (Wildman–Crippen LogP) is 5.88. The molecule has 0 aliphatic carbocycles. The Morgan fingerprint density at radius 2 is 1.32 bits per heavy atom. The van der Waals surface area contributed by atoms with Crippen molar-refractivity contribution in [2.45, 2.75) is 52.4 Å². The first kappa shape index (κ1) is 27.5. The van der Waals surface area contributed by atoms with Gasteiger partial charge < -0.3 is 10.1 Å². The Kier molecular flexibility index (Phi) is 9.44. The van der Waals surface area contributed by atoms with Gasteiger partial charge in [0.25, 0.3) is 17.7 Å². The SMILES string of the molecule is CCCCCOc1ccccc1C(=O)NNC(=O)c1ccc(NC(=O)c2ccc(C(C)(C)C)cc2)cc1. The first-order chi connectivity index (χ1) is 17.7. The highest BCUT2D eigenvalue weighted by Gasteiger charge is 2.16. The highest BCUT2D eigenvalue weighted by Crippen LogP contribution is 2.22. The molecule has 37 heavy (non-hydrogen) atoms. The zero-order chi connectivity index (χ0) is 26.8. The van der Waals surface area contributed by atoms with Crippen LogP contribution in [0.4, 0.5) is 5.69 Å². The van der Waals surface area contributed by atoms with Gasteiger partial charge in [0.1, 0.15) is 5.75 Å². The van der Waals surface area contributed by atoms with Gasteiger partial charge in [-0.15, -0.1) is 0 Å². The molecule has 3 aromatic rings. The maximum atomic E-state index is 12.6. The minimum absolute atomic E-state index is 0.0102. The van der Waals surface area contributed by atoms with Crippen LogP contribution in [0.2, 0.25) is 0 Å². The standard InChI is InChI=1S/C30H35N3O4/c1-5-6-9-20-37-26-11-8-7-10-25(26)29(36)33-32-28(35)22-14-18-24(19-15-22)31-27(34)21-12-16-23(17-13-21)30(2,3)4/h7-8,10-19H,5-6,9,20H2,1-4H3,(H,31,34)(H,32,35)(H,33,36). The van der Waals surface area contributed by atoms with E-state index in [0.717, 1.165) is 24.8 Å². The van der Waals surface area contributed by atoms with Gasteiger partial charge in [0.05, 0.1) is 12.2 Å². The third kappa shape index (κ3) is 7.93. The highest BCUT2D eigenvalue weighted by molar-refractivity contribution is 6.05. The molecule has 3 N–H and O–H groups in total. The van der Waals surface area contributed by atoms with Gasteiger partial charge in [0.15, 0.2) is 0 Å². The van der Waals surface area contributed by atoms with Crippen LogP contribution in [0, 0.1) is 0 Å². The maximum Gasteiger partial charge on any atom is 0.273 e. The highest BCUT2D eigenvalue weighted by atomic mass is 16.5. The fourth-order valence-corrected chi connectivity index (χ4v) is 3.60. The summed E-state index contributed by atoms with van der Waals surface area (Å²) in [7, 11) is 0. The monoisotopic (exact) mass is 501 g/mol. The van der Waals surface area contributed by atoms with Gasteiger partial charge in [-0.05, 0) is 65.9 Å². The van der Waals surface area contributed by atoms with E-state index in [9.17, 15) is 14.4 Å². The van der Waals surface area contributed by atoms with E-state index in [0.29, 0.717) is 34.7 Å². The number of carbonyl (C=O) groups excluding carboxylic acids is 3. The van der Waals surface area contributed by atoms with Gasteiger partial charge in [0.2, 0.25) is 0 Å². The molecule has 3 amide bonds. The van der Waals surface area contributed by atoms with E-state index >= 15 is 0 Å². The van der Waals surface area contributed by atoms with Crippen molar-refractivity contribution in [2.75, 3.05) is 11.9 Å². The molecule has 194 valence electrons. The van der Waals surface area contributed by atoms with Crippen molar-refractivity contribution in [3.8, 4) is 5.75 Å². The van der Waals surface area contributed by atoms with Crippen molar-refractivity contribution in [1.29, 1.82) is 0 Å². The molecule has 0 fully saturated rings. The number of rotatable bonds is 9. The number of hydrogen-bond donors (Lipinski definition) is 3. The van der Waals surface area contributed by atoms with Gasteiger partial charge in [0, 0.05) is 16.8 Å². The van der Waals surface area contributed by atoms with Crippen LogP contribution in [0.15, 0.2) is 72.8 Å². The number of para-hydroxylation sites is 1. The molecule has 3 rings (SSSR count). The number of anilines is 1. The topological polar surface area (TPSA) is 96.5 Å². The minimum atomic E-state index is -0.481. The van der Waals surface area contributed by atoms with Gasteiger partial charge in [-0.2, -0.15) is 0 Å². The molecule has 0 saturated heterocycles. The smallest absolute Gasteiger partial charge is 0.273 e. The molecule has 0 unspecified atom stereocenters. The van der Waals surface area contributed by atoms with Crippen molar-refractivity contribution >= 4 is 23.4 Å². The molecular weight excluding hydrogens is 466 g/mol. The Labute approximate surface area is 218 Å². The molecule has 0 aromatic heterocycles. The molecule has 0 spiro atoms. The van der Waals surface area contributed by atoms with Crippen molar-refractivity contribution in [2.24, 2.45) is 0 Å². The Hall–Kier alpha value is -4.13. The van der Waals surface area contributed by atoms with E-state index in [1.807, 2.05) is 12.1 Å². The zero-order valence-corrected chi connectivity index (χ0v) is 21.9. The fourth-order valence-electron chi connectivity index (χ4n) is 3.60. The molecule has 7 nitrogen and oxygen atoms in total. The number of benzene rings is 3. The number of nitrogens with one attached hydrogen (secondary N) is 3. The second-order valence-electron chi connectivity index (χ2n) is 9.82. The van der Waals surface area contributed by atoms with Gasteiger partial charge in [-0.3, -0.25) is 25.2 Å². The lowest BCUT2D eigenvalue weighted by atomic mass is 9.87. The summed E-state index contributed by atoms with van der Waals surface area (Å²) >= 11 is 0. The van der Waals surface area contributed by atoms with Gasteiger partial charge in [-0.1, -0.05) is 64.8 Å². The summed E-state index contributed by atoms with van der Waals surface area (Å²) in [6.07, 6.45) is 3.04. The molecule has 0 bridgehead atoms. The maximum absolute atomic E-state index is 12.6. The molecule has 0 aliphatic heterocycles. The third-order valence-corrected chi connectivity index (χ3v) is 5.84. The second-order valence-corrected chi connectivity index (χ2v) is 9.82. The fraction of sp³-hybridized carbons (Fsp3) is 0.300. The lowest BCUT2D eigenvalue weighted by molar-refractivity contribution is 0.0844. The molecule has 0 aliphatic rings. The Morgan fingerprint density at radius 3 is 1.97 bits per heavy atom. The largest absolute Gasteiger partial charge is 0.493 e. The Balaban J connectivity index is 1.54. The summed E-state index contributed by atoms with van der Waals surface area (Å²) in [6.45, 7) is 8.99. The van der Waals surface area contributed by atoms with E-state index in [1.165, 1.54) is 0 Å². The van der Waals surface area contributed by atoms with E-state index < -0.39 is 11.8 Å². The number of hydrazine groups is 1. The normalized spacial score (nSPS) is 10.9. The zero-order valence-electron chi connectivity index (χ0n) is 21.9. The summed E-state index contributed by atoms with van der Waals surface area (Å²) < 4.78 is 5.74. The minimum Gasteiger partial charge on any atom is -0.493 e.